The number of hydrogen-bond acceptors (Lipinski definition) is 3. The molecule has 5 heteroatoms. The van der Waals surface area contributed by atoms with Gasteiger partial charge in [0, 0.05) is 5.56 Å². The highest BCUT2D eigenvalue weighted by Gasteiger charge is 2.10. The average molecular weight is 220 g/mol. The standard InChI is InChI=1S/C11H9FN2O2/c1-16-10-9(13-6-14-11(10)15)7-2-4-8(12)5-3-7/h2-6H,1H3,(H,13,14,15). The molecule has 1 aromatic heterocycles. The van der Waals surface area contributed by atoms with E-state index in [-0.39, 0.29) is 17.1 Å². The van der Waals surface area contributed by atoms with Gasteiger partial charge in [-0.25, -0.2) is 9.37 Å². The van der Waals surface area contributed by atoms with Gasteiger partial charge in [-0.1, -0.05) is 0 Å². The number of nitrogens with one attached hydrogen (secondary N) is 1. The van der Waals surface area contributed by atoms with Crippen LogP contribution in [0.1, 0.15) is 0 Å². The van der Waals surface area contributed by atoms with Gasteiger partial charge in [-0.2, -0.15) is 0 Å². The fourth-order valence-electron chi connectivity index (χ4n) is 1.39. The molecule has 0 aliphatic carbocycles. The Kier molecular flexibility index (Phi) is 2.68. The van der Waals surface area contributed by atoms with Crippen molar-refractivity contribution in [3.05, 3.63) is 46.8 Å². The van der Waals surface area contributed by atoms with Gasteiger partial charge in [0.25, 0.3) is 5.56 Å². The molecule has 0 saturated carbocycles. The van der Waals surface area contributed by atoms with Gasteiger partial charge < -0.3 is 9.72 Å². The van der Waals surface area contributed by atoms with Gasteiger partial charge in [0.15, 0.2) is 0 Å². The normalized spacial score (nSPS) is 10.1. The van der Waals surface area contributed by atoms with Crippen molar-refractivity contribution in [2.75, 3.05) is 7.11 Å². The van der Waals surface area contributed by atoms with Gasteiger partial charge in [-0.3, -0.25) is 4.79 Å². The summed E-state index contributed by atoms with van der Waals surface area (Å²) in [6.45, 7) is 0. The summed E-state index contributed by atoms with van der Waals surface area (Å²) < 4.78 is 17.7. The molecule has 0 aliphatic heterocycles. The zero-order chi connectivity index (χ0) is 11.5. The first-order chi connectivity index (χ1) is 7.72. The molecule has 82 valence electrons. The molecule has 2 aromatic rings. The Morgan fingerprint density at radius 2 is 2.00 bits per heavy atom. The van der Waals surface area contributed by atoms with Gasteiger partial charge in [-0.15, -0.1) is 0 Å². The van der Waals surface area contributed by atoms with E-state index >= 15 is 0 Å². The number of nitrogens with zero attached hydrogens (tertiary/aromatic N) is 1. The predicted molar refractivity (Wildman–Crippen MR) is 56.8 cm³/mol. The molecule has 0 spiro atoms. The van der Waals surface area contributed by atoms with Crippen LogP contribution in [0.3, 0.4) is 0 Å². The molecule has 1 heterocycles. The lowest BCUT2D eigenvalue weighted by molar-refractivity contribution is 0.408. The number of aromatic nitrogens is 2. The van der Waals surface area contributed by atoms with Crippen molar-refractivity contribution in [1.29, 1.82) is 0 Å². The molecular weight excluding hydrogens is 211 g/mol. The fraction of sp³-hybridized carbons (Fsp3) is 0.0909. The molecule has 1 N–H and O–H groups in total. The number of benzene rings is 1. The highest BCUT2D eigenvalue weighted by atomic mass is 19.1. The zero-order valence-electron chi connectivity index (χ0n) is 8.53. The van der Waals surface area contributed by atoms with Gasteiger partial charge in [0.05, 0.1) is 13.4 Å². The first-order valence-electron chi connectivity index (χ1n) is 4.60. The van der Waals surface area contributed by atoms with Gasteiger partial charge in [-0.05, 0) is 24.3 Å². The predicted octanol–water partition coefficient (Wildman–Crippen LogP) is 1.58. The van der Waals surface area contributed by atoms with Crippen molar-refractivity contribution < 1.29 is 9.13 Å². The number of rotatable bonds is 2. The monoisotopic (exact) mass is 220 g/mol. The molecule has 0 amide bonds. The summed E-state index contributed by atoms with van der Waals surface area (Å²) in [5.41, 5.74) is 0.660. The van der Waals surface area contributed by atoms with Crippen LogP contribution in [0.25, 0.3) is 11.3 Å². The van der Waals surface area contributed by atoms with Crippen LogP contribution in [-0.4, -0.2) is 17.1 Å². The van der Waals surface area contributed by atoms with Crippen LogP contribution >= 0.6 is 0 Å². The smallest absolute Gasteiger partial charge is 0.293 e. The third kappa shape index (κ3) is 1.79. The molecule has 4 nitrogen and oxygen atoms in total. The second kappa shape index (κ2) is 4.14. The molecule has 0 bridgehead atoms. The van der Waals surface area contributed by atoms with E-state index in [1.807, 2.05) is 0 Å². The minimum absolute atomic E-state index is 0.120. The molecule has 0 radical (unpaired) electrons. The molecular formula is C11H9FN2O2. The summed E-state index contributed by atoms with van der Waals surface area (Å²) in [4.78, 5) is 17.8. The summed E-state index contributed by atoms with van der Waals surface area (Å²) in [7, 11) is 1.39. The molecule has 1 aromatic carbocycles. The van der Waals surface area contributed by atoms with Crippen LogP contribution in [-0.2, 0) is 0 Å². The first kappa shape index (κ1) is 10.4. The van der Waals surface area contributed by atoms with E-state index < -0.39 is 0 Å². The van der Waals surface area contributed by atoms with Gasteiger partial charge >= 0.3 is 0 Å². The third-order valence-electron chi connectivity index (χ3n) is 2.13. The molecule has 16 heavy (non-hydrogen) atoms. The molecule has 2 rings (SSSR count). The summed E-state index contributed by atoms with van der Waals surface area (Å²) in [5, 5.41) is 0. The highest BCUT2D eigenvalue weighted by molar-refractivity contribution is 5.65. The Bertz CT molecular complexity index is 549. The number of hydrogen-bond donors (Lipinski definition) is 1. The maximum atomic E-state index is 12.7. The molecule has 0 fully saturated rings. The van der Waals surface area contributed by atoms with E-state index in [2.05, 4.69) is 9.97 Å². The highest BCUT2D eigenvalue weighted by Crippen LogP contribution is 2.23. The molecule has 0 atom stereocenters. The van der Waals surface area contributed by atoms with Crippen LogP contribution < -0.4 is 10.3 Å². The van der Waals surface area contributed by atoms with Crippen LogP contribution in [0.15, 0.2) is 35.4 Å². The number of halogens is 1. The van der Waals surface area contributed by atoms with Crippen molar-refractivity contribution in [2.24, 2.45) is 0 Å². The Morgan fingerprint density at radius 3 is 2.62 bits per heavy atom. The summed E-state index contributed by atoms with van der Waals surface area (Å²) in [6, 6.07) is 5.69. The minimum Gasteiger partial charge on any atom is -0.490 e. The molecule has 0 saturated heterocycles. The summed E-state index contributed by atoms with van der Waals surface area (Å²) in [5.74, 6) is -0.221. The van der Waals surface area contributed by atoms with E-state index in [9.17, 15) is 9.18 Å². The number of methoxy groups -OCH3 is 1. The van der Waals surface area contributed by atoms with Crippen LogP contribution in [0.4, 0.5) is 4.39 Å². The number of ether oxygens (including phenoxy) is 1. The van der Waals surface area contributed by atoms with Gasteiger partial charge in [0.2, 0.25) is 5.75 Å². The quantitative estimate of drug-likeness (QED) is 0.836. The van der Waals surface area contributed by atoms with Crippen LogP contribution in [0.5, 0.6) is 5.75 Å². The van der Waals surface area contributed by atoms with E-state index in [1.165, 1.54) is 25.6 Å². The Hall–Kier alpha value is -2.17. The van der Waals surface area contributed by atoms with Crippen LogP contribution in [0.2, 0.25) is 0 Å². The lowest BCUT2D eigenvalue weighted by Gasteiger charge is -2.05. The van der Waals surface area contributed by atoms with Crippen LogP contribution in [0, 0.1) is 5.82 Å². The maximum absolute atomic E-state index is 12.7. The lowest BCUT2D eigenvalue weighted by atomic mass is 10.1. The number of H-pyrrole nitrogens is 1. The number of aromatic amines is 1. The van der Waals surface area contributed by atoms with E-state index in [4.69, 9.17) is 4.74 Å². The minimum atomic E-state index is -0.364. The lowest BCUT2D eigenvalue weighted by Crippen LogP contribution is -2.11. The van der Waals surface area contributed by atoms with Crippen molar-refractivity contribution in [2.45, 2.75) is 0 Å². The van der Waals surface area contributed by atoms with Crippen molar-refractivity contribution in [3.63, 3.8) is 0 Å². The second-order valence-electron chi connectivity index (χ2n) is 3.12. The van der Waals surface area contributed by atoms with Crippen molar-refractivity contribution in [1.82, 2.24) is 9.97 Å². The average Bonchev–Trinajstić information content (AvgIpc) is 2.30. The summed E-state index contributed by atoms with van der Waals surface area (Å²) in [6.07, 6.45) is 1.28. The SMILES string of the molecule is COc1c(-c2ccc(F)cc2)nc[nH]c1=O. The first-order valence-corrected chi connectivity index (χ1v) is 4.60. The third-order valence-corrected chi connectivity index (χ3v) is 2.13. The largest absolute Gasteiger partial charge is 0.490 e. The maximum Gasteiger partial charge on any atom is 0.293 e. The fourth-order valence-corrected chi connectivity index (χ4v) is 1.39. The second-order valence-corrected chi connectivity index (χ2v) is 3.12. The summed E-state index contributed by atoms with van der Waals surface area (Å²) >= 11 is 0. The van der Waals surface area contributed by atoms with E-state index in [0.717, 1.165) is 0 Å². The Morgan fingerprint density at radius 1 is 1.31 bits per heavy atom. The molecule has 0 unspecified atom stereocenters. The van der Waals surface area contributed by atoms with Gasteiger partial charge in [0.1, 0.15) is 11.5 Å². The Labute approximate surface area is 90.7 Å². The van der Waals surface area contributed by atoms with E-state index in [0.29, 0.717) is 11.3 Å². The van der Waals surface area contributed by atoms with Crippen molar-refractivity contribution >= 4 is 0 Å². The molecule has 0 aliphatic rings. The van der Waals surface area contributed by atoms with E-state index in [1.54, 1.807) is 12.1 Å². The zero-order valence-corrected chi connectivity index (χ0v) is 8.53. The Balaban J connectivity index is 2.60. The van der Waals surface area contributed by atoms with Crippen molar-refractivity contribution in [3.8, 4) is 17.0 Å². The topological polar surface area (TPSA) is 55.0 Å².